The molecule has 1 aliphatic heterocycles. The topological polar surface area (TPSA) is 81.6 Å². The lowest BCUT2D eigenvalue weighted by atomic mass is 9.97. The van der Waals surface area contributed by atoms with Gasteiger partial charge in [0, 0.05) is 25.2 Å². The Hall–Kier alpha value is -1.98. The van der Waals surface area contributed by atoms with Gasteiger partial charge in [0.1, 0.15) is 11.6 Å². The highest BCUT2D eigenvalue weighted by Gasteiger charge is 2.26. The Bertz CT molecular complexity index is 493. The van der Waals surface area contributed by atoms with Gasteiger partial charge in [-0.25, -0.2) is 4.39 Å². The highest BCUT2D eigenvalue weighted by Crippen LogP contribution is 2.32. The van der Waals surface area contributed by atoms with Crippen molar-refractivity contribution < 1.29 is 13.9 Å². The average Bonchev–Trinajstić information content (AvgIpc) is 2.39. The average molecular weight is 267 g/mol. The Balaban J connectivity index is 2.28. The number of piperidine rings is 1. The summed E-state index contributed by atoms with van der Waals surface area (Å²) in [6.07, 6.45) is 1.55. The monoisotopic (exact) mass is 267 g/mol. The molecule has 1 aliphatic rings. The molecule has 0 aliphatic carbocycles. The highest BCUT2D eigenvalue weighted by atomic mass is 19.1. The molecule has 0 radical (unpaired) electrons. The van der Waals surface area contributed by atoms with Crippen LogP contribution >= 0.6 is 0 Å². The van der Waals surface area contributed by atoms with Crippen molar-refractivity contribution in [1.82, 2.24) is 0 Å². The first kappa shape index (κ1) is 13.5. The van der Waals surface area contributed by atoms with Gasteiger partial charge in [-0.15, -0.1) is 0 Å². The molecule has 1 heterocycles. The van der Waals surface area contributed by atoms with Crippen LogP contribution in [0.5, 0.6) is 5.75 Å². The number of rotatable bonds is 3. The van der Waals surface area contributed by atoms with Crippen molar-refractivity contribution in [1.29, 1.82) is 0 Å². The molecule has 0 saturated carbocycles. The van der Waals surface area contributed by atoms with Crippen molar-refractivity contribution in [3.63, 3.8) is 0 Å². The van der Waals surface area contributed by atoms with Gasteiger partial charge in [0.05, 0.1) is 24.4 Å². The van der Waals surface area contributed by atoms with Crippen molar-refractivity contribution in [3.8, 4) is 5.75 Å². The van der Waals surface area contributed by atoms with Gasteiger partial charge in [-0.1, -0.05) is 0 Å². The summed E-state index contributed by atoms with van der Waals surface area (Å²) in [6, 6.07) is 2.80. The van der Waals surface area contributed by atoms with Crippen LogP contribution in [0.15, 0.2) is 12.1 Å². The molecule has 1 aromatic carbocycles. The predicted molar refractivity (Wildman–Crippen MR) is 71.5 cm³/mol. The fourth-order valence-electron chi connectivity index (χ4n) is 2.41. The fourth-order valence-corrected chi connectivity index (χ4v) is 2.41. The SMILES string of the molecule is COc1cc(N2CCCC(C(N)=O)C2)c(F)cc1N. The number of carbonyl (C=O) groups excluding carboxylic acids is 1. The lowest BCUT2D eigenvalue weighted by molar-refractivity contribution is -0.122. The van der Waals surface area contributed by atoms with E-state index in [4.69, 9.17) is 16.2 Å². The molecule has 1 aromatic rings. The number of hydrogen-bond acceptors (Lipinski definition) is 4. The minimum absolute atomic E-state index is 0.239. The van der Waals surface area contributed by atoms with Crippen LogP contribution in [0.1, 0.15) is 12.8 Å². The van der Waals surface area contributed by atoms with Crippen molar-refractivity contribution in [3.05, 3.63) is 17.9 Å². The molecule has 104 valence electrons. The maximum absolute atomic E-state index is 14.0. The number of ether oxygens (including phenoxy) is 1. The third-order valence-corrected chi connectivity index (χ3v) is 3.46. The van der Waals surface area contributed by atoms with E-state index in [2.05, 4.69) is 0 Å². The van der Waals surface area contributed by atoms with Gasteiger partial charge in [0.15, 0.2) is 0 Å². The number of anilines is 2. The number of primary amides is 1. The summed E-state index contributed by atoms with van der Waals surface area (Å²) in [5.74, 6) is -0.565. The van der Waals surface area contributed by atoms with Gasteiger partial charge in [-0.2, -0.15) is 0 Å². The normalized spacial score (nSPS) is 19.3. The van der Waals surface area contributed by atoms with Crippen molar-refractivity contribution in [2.45, 2.75) is 12.8 Å². The first-order valence-corrected chi connectivity index (χ1v) is 6.20. The molecule has 5 nitrogen and oxygen atoms in total. The molecule has 1 fully saturated rings. The van der Waals surface area contributed by atoms with Gasteiger partial charge < -0.3 is 21.1 Å². The van der Waals surface area contributed by atoms with Gasteiger partial charge in [0.2, 0.25) is 5.91 Å². The number of amides is 1. The zero-order valence-corrected chi connectivity index (χ0v) is 10.9. The molecule has 0 spiro atoms. The minimum Gasteiger partial charge on any atom is -0.495 e. The van der Waals surface area contributed by atoms with Crippen LogP contribution in [-0.2, 0) is 4.79 Å². The minimum atomic E-state index is -0.413. The maximum Gasteiger partial charge on any atom is 0.222 e. The van der Waals surface area contributed by atoms with Crippen molar-refractivity contribution in [2.75, 3.05) is 30.8 Å². The number of hydrogen-bond donors (Lipinski definition) is 2. The van der Waals surface area contributed by atoms with Crippen LogP contribution in [0, 0.1) is 11.7 Å². The summed E-state index contributed by atoms with van der Waals surface area (Å²) in [5, 5.41) is 0. The summed E-state index contributed by atoms with van der Waals surface area (Å²) in [7, 11) is 1.48. The van der Waals surface area contributed by atoms with Gasteiger partial charge >= 0.3 is 0 Å². The number of benzene rings is 1. The molecule has 1 amide bonds. The zero-order valence-electron chi connectivity index (χ0n) is 10.9. The maximum atomic E-state index is 14.0. The highest BCUT2D eigenvalue weighted by molar-refractivity contribution is 5.77. The second-order valence-corrected chi connectivity index (χ2v) is 4.73. The first-order chi connectivity index (χ1) is 9.02. The number of halogens is 1. The fraction of sp³-hybridized carbons (Fsp3) is 0.462. The lowest BCUT2D eigenvalue weighted by Gasteiger charge is -2.33. The Labute approximate surface area is 111 Å². The summed E-state index contributed by atoms with van der Waals surface area (Å²) in [4.78, 5) is 13.1. The Morgan fingerprint density at radius 3 is 2.89 bits per heavy atom. The zero-order chi connectivity index (χ0) is 14.0. The van der Waals surface area contributed by atoms with E-state index in [-0.39, 0.29) is 17.5 Å². The van der Waals surface area contributed by atoms with Crippen LogP contribution < -0.4 is 21.1 Å². The van der Waals surface area contributed by atoms with E-state index in [9.17, 15) is 9.18 Å². The molecule has 1 atom stereocenters. The van der Waals surface area contributed by atoms with Crippen molar-refractivity contribution >= 4 is 17.3 Å². The predicted octanol–water partition coefficient (Wildman–Crippen LogP) is 1.12. The first-order valence-electron chi connectivity index (χ1n) is 6.20. The molecule has 19 heavy (non-hydrogen) atoms. The molecule has 0 bridgehead atoms. The van der Waals surface area contributed by atoms with Crippen LogP contribution in [-0.4, -0.2) is 26.1 Å². The van der Waals surface area contributed by atoms with Gasteiger partial charge in [-0.3, -0.25) is 4.79 Å². The Morgan fingerprint density at radius 1 is 1.53 bits per heavy atom. The summed E-state index contributed by atoms with van der Waals surface area (Å²) < 4.78 is 19.1. The van der Waals surface area contributed by atoms with E-state index < -0.39 is 5.82 Å². The van der Waals surface area contributed by atoms with Crippen LogP contribution in [0.4, 0.5) is 15.8 Å². The quantitative estimate of drug-likeness (QED) is 0.804. The summed E-state index contributed by atoms with van der Waals surface area (Å²) >= 11 is 0. The van der Waals surface area contributed by atoms with E-state index in [0.29, 0.717) is 24.5 Å². The van der Waals surface area contributed by atoms with Gasteiger partial charge in [-0.05, 0) is 12.8 Å². The summed E-state index contributed by atoms with van der Waals surface area (Å²) in [5.41, 5.74) is 11.6. The van der Waals surface area contributed by atoms with Crippen LogP contribution in [0.25, 0.3) is 0 Å². The van der Waals surface area contributed by atoms with Crippen LogP contribution in [0.2, 0.25) is 0 Å². The standard InChI is InChI=1S/C13H18FN3O2/c1-19-12-6-11(9(14)5-10(12)15)17-4-2-3-8(7-17)13(16)18/h5-6,8H,2-4,7,15H2,1H3,(H2,16,18). The van der Waals surface area contributed by atoms with E-state index in [1.807, 2.05) is 4.90 Å². The molecule has 4 N–H and O–H groups in total. The van der Waals surface area contributed by atoms with E-state index in [1.165, 1.54) is 13.2 Å². The molecular weight excluding hydrogens is 249 g/mol. The number of methoxy groups -OCH3 is 1. The largest absolute Gasteiger partial charge is 0.495 e. The molecule has 6 heteroatoms. The molecule has 0 aromatic heterocycles. The molecule has 1 saturated heterocycles. The smallest absolute Gasteiger partial charge is 0.222 e. The number of nitrogens with zero attached hydrogens (tertiary/aromatic N) is 1. The lowest BCUT2D eigenvalue weighted by Crippen LogP contribution is -2.41. The van der Waals surface area contributed by atoms with E-state index in [1.54, 1.807) is 6.07 Å². The van der Waals surface area contributed by atoms with Crippen LogP contribution in [0.3, 0.4) is 0 Å². The molecular formula is C13H18FN3O2. The molecule has 2 rings (SSSR count). The van der Waals surface area contributed by atoms with E-state index >= 15 is 0 Å². The third kappa shape index (κ3) is 2.72. The number of nitrogens with two attached hydrogens (primary N) is 2. The molecule has 1 unspecified atom stereocenters. The van der Waals surface area contributed by atoms with Crippen molar-refractivity contribution in [2.24, 2.45) is 11.7 Å². The number of carbonyl (C=O) groups is 1. The Kier molecular flexibility index (Phi) is 3.78. The van der Waals surface area contributed by atoms with Gasteiger partial charge in [0.25, 0.3) is 0 Å². The second-order valence-electron chi connectivity index (χ2n) is 4.73. The summed E-state index contributed by atoms with van der Waals surface area (Å²) in [6.45, 7) is 1.12. The second kappa shape index (κ2) is 5.34. The third-order valence-electron chi connectivity index (χ3n) is 3.46. The Morgan fingerprint density at radius 2 is 2.26 bits per heavy atom. The number of nitrogen functional groups attached to an aromatic ring is 1. The van der Waals surface area contributed by atoms with E-state index in [0.717, 1.165) is 12.8 Å².